The predicted molar refractivity (Wildman–Crippen MR) is 135 cm³/mol. The first-order chi connectivity index (χ1) is 16.6. The number of halogens is 2. The number of amidine groups is 1. The minimum atomic E-state index is -1.57. The van der Waals surface area contributed by atoms with Gasteiger partial charge in [-0.1, -0.05) is 28.4 Å². The second-order valence-electron chi connectivity index (χ2n) is 10.2. The van der Waals surface area contributed by atoms with Crippen LogP contribution in [-0.4, -0.2) is 56.3 Å². The van der Waals surface area contributed by atoms with E-state index >= 15 is 4.39 Å². The third-order valence-electron chi connectivity index (χ3n) is 6.73. The molecule has 8 nitrogen and oxygen atoms in total. The van der Waals surface area contributed by atoms with E-state index in [1.165, 1.54) is 6.33 Å². The highest BCUT2D eigenvalue weighted by Gasteiger charge is 2.41. The summed E-state index contributed by atoms with van der Waals surface area (Å²) in [7, 11) is 1.75. The molecule has 3 aliphatic heterocycles. The molecule has 1 fully saturated rings. The van der Waals surface area contributed by atoms with Crippen LogP contribution >= 0.6 is 11.6 Å². The molecule has 3 aliphatic rings. The Morgan fingerprint density at radius 1 is 1.26 bits per heavy atom. The average molecular weight is 494 g/mol. The normalized spacial score (nSPS) is 21.2. The van der Waals surface area contributed by atoms with Gasteiger partial charge in [0.25, 0.3) is 0 Å². The lowest BCUT2D eigenvalue weighted by Crippen LogP contribution is -2.42. The number of allylic oxidation sites excluding steroid dienone is 1. The topological polar surface area (TPSA) is 85.5 Å². The molecule has 180 valence electrons. The van der Waals surface area contributed by atoms with Crippen molar-refractivity contribution in [2.75, 3.05) is 18.0 Å². The summed E-state index contributed by atoms with van der Waals surface area (Å²) in [5.41, 5.74) is 1.11. The lowest BCUT2D eigenvalue weighted by Gasteiger charge is -2.38. The average Bonchev–Trinajstić information content (AvgIpc) is 3.45. The van der Waals surface area contributed by atoms with E-state index in [-0.39, 0.29) is 24.3 Å². The summed E-state index contributed by atoms with van der Waals surface area (Å²) in [6, 6.07) is 5.91. The van der Waals surface area contributed by atoms with Gasteiger partial charge in [0.15, 0.2) is 23.2 Å². The molecule has 4 heterocycles. The monoisotopic (exact) mass is 493 g/mol. The number of hydrogen-bond acceptors (Lipinski definition) is 6. The summed E-state index contributed by atoms with van der Waals surface area (Å²) < 4.78 is 19.4. The number of nitrogens with zero attached hydrogens (tertiary/aromatic N) is 8. The van der Waals surface area contributed by atoms with Crippen LogP contribution in [0.1, 0.15) is 50.6 Å². The predicted octanol–water partition coefficient (Wildman–Crippen LogP) is 4.10. The smallest absolute Gasteiger partial charge is 0.212 e. The van der Waals surface area contributed by atoms with Gasteiger partial charge in [-0.25, -0.2) is 9.38 Å². The van der Waals surface area contributed by atoms with Crippen LogP contribution < -0.4 is 4.90 Å². The van der Waals surface area contributed by atoms with Crippen molar-refractivity contribution in [3.63, 3.8) is 0 Å². The van der Waals surface area contributed by atoms with Gasteiger partial charge in [-0.05, 0) is 11.6 Å². The maximum absolute atomic E-state index is 15.8. The number of anilines is 1. The first kappa shape index (κ1) is 23.4. The van der Waals surface area contributed by atoms with Crippen LogP contribution in [0.4, 0.5) is 10.1 Å². The number of hydrogen-bond donors (Lipinski definition) is 0. The number of benzene rings is 1. The molecule has 1 atom stereocenters. The zero-order valence-corrected chi connectivity index (χ0v) is 21.0. The molecule has 5 rings (SSSR count). The van der Waals surface area contributed by atoms with Crippen molar-refractivity contribution in [2.24, 2.45) is 23.1 Å². The molecule has 35 heavy (non-hydrogen) atoms. The van der Waals surface area contributed by atoms with Crippen molar-refractivity contribution >= 4 is 41.1 Å². The number of hydrazone groups is 1. The number of rotatable bonds is 3. The number of piperidine rings is 1. The Kier molecular flexibility index (Phi) is 5.59. The van der Waals surface area contributed by atoms with Crippen LogP contribution in [0.5, 0.6) is 0 Å². The quantitative estimate of drug-likeness (QED) is 0.602. The van der Waals surface area contributed by atoms with Crippen LogP contribution in [0.2, 0.25) is 5.02 Å². The molecule has 1 aromatic carbocycles. The molecular formula is C25H27ClFN8+. The third kappa shape index (κ3) is 4.06. The second-order valence-corrected chi connectivity index (χ2v) is 10.6. The molecular weight excluding hydrogens is 467 g/mol. The van der Waals surface area contributed by atoms with Gasteiger partial charge in [-0.2, -0.15) is 5.26 Å². The molecule has 1 unspecified atom stereocenters. The number of aromatic nitrogens is 3. The minimum absolute atomic E-state index is 0.0564. The van der Waals surface area contributed by atoms with Crippen LogP contribution in [0.15, 0.2) is 34.6 Å². The van der Waals surface area contributed by atoms with Gasteiger partial charge in [0.05, 0.1) is 16.3 Å². The summed E-state index contributed by atoms with van der Waals surface area (Å²) in [6.45, 7) is 7.11. The van der Waals surface area contributed by atoms with E-state index in [9.17, 15) is 5.26 Å². The molecule has 0 radical (unpaired) electrons. The van der Waals surface area contributed by atoms with Gasteiger partial charge in [-0.3, -0.25) is 0 Å². The first-order valence-corrected chi connectivity index (χ1v) is 12.0. The molecule has 0 aliphatic carbocycles. The molecule has 2 aromatic rings. The highest BCUT2D eigenvalue weighted by molar-refractivity contribution is 6.32. The molecule has 10 heteroatoms. The van der Waals surface area contributed by atoms with E-state index in [0.717, 1.165) is 17.0 Å². The second kappa shape index (κ2) is 8.38. The maximum Gasteiger partial charge on any atom is 0.212 e. The number of aryl methyl sites for hydroxylation is 1. The highest BCUT2D eigenvalue weighted by atomic mass is 35.5. The van der Waals surface area contributed by atoms with Crippen LogP contribution in [0, 0.1) is 17.2 Å². The van der Waals surface area contributed by atoms with E-state index in [1.807, 2.05) is 15.7 Å². The molecule has 0 amide bonds. The summed E-state index contributed by atoms with van der Waals surface area (Å²) in [6.07, 6.45) is 7.93. The number of fused-ring (bicyclic) bond motifs is 1. The van der Waals surface area contributed by atoms with E-state index < -0.39 is 5.67 Å². The van der Waals surface area contributed by atoms with Crippen molar-refractivity contribution in [3.05, 3.63) is 46.5 Å². The molecule has 1 saturated heterocycles. The molecule has 1 aromatic heterocycles. The standard InChI is InChI=1S/C25H27ClFN8/c1-24(2,3)35-14-17-11-16(13-29-22(17)32-35)18-5-6-20(26)19(12-28)21(18)34-9-7-25(27,8-10-34)23-31-30-15-33(23)4/h5-6,11,13-15,17H,7-10H2,1-4H3/q+1. The lowest BCUT2D eigenvalue weighted by molar-refractivity contribution is -0.596. The molecule has 0 spiro atoms. The van der Waals surface area contributed by atoms with Crippen LogP contribution in [-0.2, 0) is 12.7 Å². The van der Waals surface area contributed by atoms with E-state index in [2.05, 4.69) is 59.4 Å². The Hall–Kier alpha value is -3.38. The largest absolute Gasteiger partial charge is 0.370 e. The SMILES string of the molecule is Cn1cnnc1C1(F)CCN(c2c(C3=CC4C=[N+](C(C)(C)C)N=C4N=C3)ccc(Cl)c2C#N)CC1. The fourth-order valence-corrected chi connectivity index (χ4v) is 4.99. The van der Waals surface area contributed by atoms with Gasteiger partial charge in [0.2, 0.25) is 5.84 Å². The van der Waals surface area contributed by atoms with Crippen molar-refractivity contribution in [2.45, 2.75) is 44.8 Å². The highest BCUT2D eigenvalue weighted by Crippen LogP contribution is 2.41. The number of dihydropyridines is 1. The van der Waals surface area contributed by atoms with E-state index in [0.29, 0.717) is 35.2 Å². The van der Waals surface area contributed by atoms with Crippen LogP contribution in [0.25, 0.3) is 5.57 Å². The van der Waals surface area contributed by atoms with Gasteiger partial charge in [-0.15, -0.1) is 10.2 Å². The maximum atomic E-state index is 15.8. The summed E-state index contributed by atoms with van der Waals surface area (Å²) in [4.78, 5) is 6.66. The Bertz CT molecular complexity index is 1350. The van der Waals surface area contributed by atoms with Gasteiger partial charge in [0.1, 0.15) is 18.3 Å². The van der Waals surface area contributed by atoms with Crippen molar-refractivity contribution in [1.82, 2.24) is 14.8 Å². The fraction of sp³-hybridized carbons (Fsp3) is 0.440. The zero-order chi connectivity index (χ0) is 25.0. The first-order valence-electron chi connectivity index (χ1n) is 11.6. The third-order valence-corrected chi connectivity index (χ3v) is 7.04. The van der Waals surface area contributed by atoms with Gasteiger partial charge >= 0.3 is 0 Å². The van der Waals surface area contributed by atoms with Crippen molar-refractivity contribution in [1.29, 1.82) is 5.26 Å². The molecule has 0 saturated carbocycles. The Morgan fingerprint density at radius 3 is 2.63 bits per heavy atom. The van der Waals surface area contributed by atoms with E-state index in [4.69, 9.17) is 11.6 Å². The number of nitriles is 1. The molecule has 0 N–H and O–H groups in total. The van der Waals surface area contributed by atoms with Crippen LogP contribution in [0.3, 0.4) is 0 Å². The number of aliphatic imine (C=N–C) groups is 1. The number of alkyl halides is 1. The summed E-state index contributed by atoms with van der Waals surface area (Å²) in [5.74, 6) is 1.01. The van der Waals surface area contributed by atoms with Gasteiger partial charge in [0, 0.05) is 70.6 Å². The van der Waals surface area contributed by atoms with Gasteiger partial charge < -0.3 is 9.47 Å². The zero-order valence-electron chi connectivity index (χ0n) is 20.2. The minimum Gasteiger partial charge on any atom is -0.370 e. The Balaban J connectivity index is 1.50. The fourth-order valence-electron chi connectivity index (χ4n) is 4.80. The van der Waals surface area contributed by atoms with E-state index in [1.54, 1.807) is 23.9 Å². The summed E-state index contributed by atoms with van der Waals surface area (Å²) >= 11 is 6.45. The molecule has 0 bridgehead atoms. The lowest BCUT2D eigenvalue weighted by atomic mass is 9.89. The summed E-state index contributed by atoms with van der Waals surface area (Å²) in [5, 5.41) is 22.8. The van der Waals surface area contributed by atoms with Crippen molar-refractivity contribution in [3.8, 4) is 6.07 Å². The Labute approximate surface area is 208 Å². The Morgan fingerprint density at radius 2 is 2.00 bits per heavy atom. The van der Waals surface area contributed by atoms with Crippen molar-refractivity contribution < 1.29 is 9.07 Å².